The van der Waals surface area contributed by atoms with Gasteiger partial charge < -0.3 is 0 Å². The summed E-state index contributed by atoms with van der Waals surface area (Å²) in [5, 5.41) is 0. The highest BCUT2D eigenvalue weighted by Gasteiger charge is 2.09. The molecule has 0 saturated heterocycles. The average molecular weight is 222 g/mol. The van der Waals surface area contributed by atoms with Crippen LogP contribution in [0, 0.1) is 5.82 Å². The molecule has 0 saturated carbocycles. The fourth-order valence-corrected chi connectivity index (χ4v) is 1.28. The molecule has 0 bridgehead atoms. The molecule has 0 N–H and O–H groups in total. The van der Waals surface area contributed by atoms with Crippen molar-refractivity contribution < 1.29 is 13.2 Å². The summed E-state index contributed by atoms with van der Waals surface area (Å²) >= 11 is 0. The number of halogens is 3. The minimum absolute atomic E-state index is 0.124. The van der Waals surface area contributed by atoms with Gasteiger partial charge in [-0.1, -0.05) is 22.2 Å². The van der Waals surface area contributed by atoms with Crippen LogP contribution in [0.25, 0.3) is 0 Å². The van der Waals surface area contributed by atoms with E-state index in [1.807, 2.05) is 16.2 Å². The summed E-state index contributed by atoms with van der Waals surface area (Å²) in [5.74, 6) is -1.79. The molecule has 2 unspecified atom stereocenters. The molecule has 0 nitrogen and oxygen atoms in total. The van der Waals surface area contributed by atoms with Crippen molar-refractivity contribution in [2.45, 2.75) is 19.3 Å². The van der Waals surface area contributed by atoms with E-state index >= 15 is 0 Å². The molecule has 1 rings (SSSR count). The summed E-state index contributed by atoms with van der Waals surface area (Å²) in [6.07, 6.45) is 0.796. The lowest BCUT2D eigenvalue weighted by molar-refractivity contribution is 0.449. The zero-order chi connectivity index (χ0) is 11.1. The standard InChI is InChI=1S/C9H11F2P.CH3F/c1-2-6-3-4-8(10)7(5-6)9(11)12;1-2/h3-5,9H,2,12H2,1H3;1H3. The Bertz CT molecular complexity index is 274. The first-order valence-electron chi connectivity index (χ1n) is 4.21. The van der Waals surface area contributed by atoms with E-state index in [1.165, 1.54) is 6.07 Å². The van der Waals surface area contributed by atoms with Crippen LogP contribution in [-0.2, 0) is 6.42 Å². The topological polar surface area (TPSA) is 0 Å². The lowest BCUT2D eigenvalue weighted by atomic mass is 10.1. The first kappa shape index (κ1) is 13.4. The monoisotopic (exact) mass is 222 g/mol. The van der Waals surface area contributed by atoms with Gasteiger partial charge in [0.25, 0.3) is 0 Å². The summed E-state index contributed by atoms with van der Waals surface area (Å²) in [7, 11) is 2.44. The van der Waals surface area contributed by atoms with E-state index in [4.69, 9.17) is 0 Å². The molecule has 1 aromatic rings. The Hall–Kier alpha value is -0.560. The van der Waals surface area contributed by atoms with Crippen molar-refractivity contribution >= 4 is 9.24 Å². The van der Waals surface area contributed by atoms with E-state index in [2.05, 4.69) is 0 Å². The van der Waals surface area contributed by atoms with Crippen LogP contribution in [0.4, 0.5) is 13.2 Å². The molecule has 0 aliphatic heterocycles. The smallest absolute Gasteiger partial charge is 0.141 e. The molecular weight excluding hydrogens is 208 g/mol. The number of hydrogen-bond donors (Lipinski definition) is 0. The third kappa shape index (κ3) is 3.67. The quantitative estimate of drug-likeness (QED) is 0.667. The third-order valence-electron chi connectivity index (χ3n) is 1.77. The Balaban J connectivity index is 0.000000791. The maximum atomic E-state index is 12.9. The molecule has 0 aliphatic carbocycles. The molecule has 0 aliphatic rings. The van der Waals surface area contributed by atoms with Crippen molar-refractivity contribution in [1.82, 2.24) is 0 Å². The number of aryl methyl sites for hydroxylation is 1. The van der Waals surface area contributed by atoms with Crippen LogP contribution >= 0.6 is 9.24 Å². The van der Waals surface area contributed by atoms with Crippen molar-refractivity contribution in [1.29, 1.82) is 0 Å². The summed E-state index contributed by atoms with van der Waals surface area (Å²) in [6, 6.07) is 4.55. The largest absolute Gasteiger partial charge is 0.255 e. The molecular formula is C10H14F3P. The van der Waals surface area contributed by atoms with Gasteiger partial charge in [0, 0.05) is 5.56 Å². The van der Waals surface area contributed by atoms with Crippen LogP contribution in [0.1, 0.15) is 24.0 Å². The van der Waals surface area contributed by atoms with E-state index in [0.29, 0.717) is 7.18 Å². The number of rotatable bonds is 2. The van der Waals surface area contributed by atoms with Gasteiger partial charge in [0.2, 0.25) is 0 Å². The molecule has 0 amide bonds. The number of alkyl halides is 2. The third-order valence-corrected chi connectivity index (χ3v) is 2.12. The highest BCUT2D eigenvalue weighted by molar-refractivity contribution is 7.16. The minimum atomic E-state index is -1.31. The second kappa shape index (κ2) is 6.83. The Labute approximate surface area is 84.7 Å². The van der Waals surface area contributed by atoms with Gasteiger partial charge >= 0.3 is 0 Å². The number of hydrogen-bond acceptors (Lipinski definition) is 0. The minimum Gasteiger partial charge on any atom is -0.255 e. The molecule has 0 heterocycles. The maximum absolute atomic E-state index is 12.9. The summed E-state index contributed by atoms with van der Waals surface area (Å²) in [4.78, 5) is 0. The van der Waals surface area contributed by atoms with Crippen LogP contribution in [0.2, 0.25) is 0 Å². The van der Waals surface area contributed by atoms with Crippen molar-refractivity contribution in [3.8, 4) is 0 Å². The Kier molecular flexibility index (Phi) is 6.56. The molecule has 14 heavy (non-hydrogen) atoms. The normalized spacial score (nSPS) is 11.6. The second-order valence-corrected chi connectivity index (χ2v) is 3.20. The maximum Gasteiger partial charge on any atom is 0.141 e. The molecule has 80 valence electrons. The van der Waals surface area contributed by atoms with Crippen molar-refractivity contribution in [3.63, 3.8) is 0 Å². The van der Waals surface area contributed by atoms with Gasteiger partial charge in [-0.15, -0.1) is 0 Å². The van der Waals surface area contributed by atoms with Gasteiger partial charge in [-0.2, -0.15) is 0 Å². The molecule has 4 heteroatoms. The Morgan fingerprint density at radius 1 is 1.36 bits per heavy atom. The summed E-state index contributed by atoms with van der Waals surface area (Å²) < 4.78 is 35.1. The first-order valence-corrected chi connectivity index (χ1v) is 4.87. The predicted molar refractivity (Wildman–Crippen MR) is 56.4 cm³/mol. The molecule has 0 fully saturated rings. The molecule has 0 radical (unpaired) electrons. The summed E-state index contributed by atoms with van der Waals surface area (Å²) in [6.45, 7) is 1.95. The molecule has 0 spiro atoms. The molecule has 0 aromatic heterocycles. The Morgan fingerprint density at radius 2 is 1.93 bits per heavy atom. The zero-order valence-corrected chi connectivity index (χ0v) is 9.38. The number of benzene rings is 1. The van der Waals surface area contributed by atoms with Gasteiger partial charge in [0.05, 0.1) is 7.18 Å². The van der Waals surface area contributed by atoms with Crippen molar-refractivity contribution in [3.05, 3.63) is 35.1 Å². The first-order chi connectivity index (χ1) is 6.65. The highest BCUT2D eigenvalue weighted by atomic mass is 31.0. The van der Waals surface area contributed by atoms with E-state index in [9.17, 15) is 13.2 Å². The Morgan fingerprint density at radius 3 is 2.36 bits per heavy atom. The lowest BCUT2D eigenvalue weighted by Gasteiger charge is -2.05. The van der Waals surface area contributed by atoms with Gasteiger partial charge in [-0.3, -0.25) is 4.39 Å². The van der Waals surface area contributed by atoms with Gasteiger partial charge in [0.15, 0.2) is 0 Å². The van der Waals surface area contributed by atoms with Gasteiger partial charge in [-0.25, -0.2) is 8.78 Å². The van der Waals surface area contributed by atoms with E-state index in [1.54, 1.807) is 12.1 Å². The van der Waals surface area contributed by atoms with Crippen LogP contribution < -0.4 is 0 Å². The molecule has 2 atom stereocenters. The highest BCUT2D eigenvalue weighted by Crippen LogP contribution is 2.27. The predicted octanol–water partition coefficient (Wildman–Crippen LogP) is 3.82. The van der Waals surface area contributed by atoms with E-state index in [0.717, 1.165) is 12.0 Å². The zero-order valence-electron chi connectivity index (χ0n) is 8.23. The van der Waals surface area contributed by atoms with Crippen LogP contribution in [0.15, 0.2) is 18.2 Å². The summed E-state index contributed by atoms with van der Waals surface area (Å²) in [5.41, 5.74) is 1.08. The van der Waals surface area contributed by atoms with Crippen LogP contribution in [0.3, 0.4) is 0 Å². The van der Waals surface area contributed by atoms with Gasteiger partial charge in [0.1, 0.15) is 11.7 Å². The van der Waals surface area contributed by atoms with Gasteiger partial charge in [-0.05, 0) is 24.1 Å². The van der Waals surface area contributed by atoms with Crippen molar-refractivity contribution in [2.75, 3.05) is 7.18 Å². The van der Waals surface area contributed by atoms with E-state index in [-0.39, 0.29) is 5.56 Å². The fourth-order valence-electron chi connectivity index (χ4n) is 1.02. The van der Waals surface area contributed by atoms with E-state index < -0.39 is 11.7 Å². The lowest BCUT2D eigenvalue weighted by Crippen LogP contribution is -1.91. The van der Waals surface area contributed by atoms with Crippen molar-refractivity contribution in [2.24, 2.45) is 0 Å². The average Bonchev–Trinajstić information content (AvgIpc) is 2.21. The molecule has 1 aromatic carbocycles. The van der Waals surface area contributed by atoms with Crippen LogP contribution in [-0.4, -0.2) is 7.18 Å². The fraction of sp³-hybridized carbons (Fsp3) is 0.400. The second-order valence-electron chi connectivity index (χ2n) is 2.61. The SMILES string of the molecule is CCc1ccc(F)c(C(F)P)c1.CF. The van der Waals surface area contributed by atoms with Crippen LogP contribution in [0.5, 0.6) is 0 Å².